The average molecular weight is 467 g/mol. The summed E-state index contributed by atoms with van der Waals surface area (Å²) in [6.07, 6.45) is -3.20. The largest absolute Gasteiger partial charge is 0.457 e. The molecular weight excluding hydrogens is 445 g/mol. The van der Waals surface area contributed by atoms with Crippen LogP contribution < -0.4 is 4.74 Å². The van der Waals surface area contributed by atoms with E-state index in [4.69, 9.17) is 21.1 Å². The molecule has 4 nitrogen and oxygen atoms in total. The van der Waals surface area contributed by atoms with Crippen molar-refractivity contribution in [2.75, 3.05) is 0 Å². The SMILES string of the molecule is CCc1ccc(Oc2ccc(C(F)(F)F)c(Cl)c2)cc1C1C(=O)C2C3CCC(O3)C2C1O. The molecule has 0 spiro atoms. The molecule has 2 bridgehead atoms. The maximum atomic E-state index is 13.3. The van der Waals surface area contributed by atoms with Crippen molar-refractivity contribution in [1.29, 1.82) is 0 Å². The van der Waals surface area contributed by atoms with E-state index in [1.165, 1.54) is 6.07 Å². The molecule has 2 aliphatic heterocycles. The number of hydrogen-bond acceptors (Lipinski definition) is 4. The Labute approximate surface area is 188 Å². The Balaban J connectivity index is 1.45. The summed E-state index contributed by atoms with van der Waals surface area (Å²) in [6, 6.07) is 8.44. The van der Waals surface area contributed by atoms with Gasteiger partial charge in [-0.2, -0.15) is 13.2 Å². The Kier molecular flexibility index (Phi) is 5.26. The molecule has 2 heterocycles. The number of Topliss-reactive ketones (excluding diaryl/α,β-unsaturated/α-hetero) is 1. The zero-order valence-electron chi connectivity index (χ0n) is 17.2. The van der Waals surface area contributed by atoms with Crippen molar-refractivity contribution in [3.05, 3.63) is 58.1 Å². The van der Waals surface area contributed by atoms with E-state index >= 15 is 0 Å². The highest BCUT2D eigenvalue weighted by molar-refractivity contribution is 6.31. The molecular formula is C24H22ClF3O4. The summed E-state index contributed by atoms with van der Waals surface area (Å²) in [6.45, 7) is 1.97. The lowest BCUT2D eigenvalue weighted by molar-refractivity contribution is -0.137. The minimum Gasteiger partial charge on any atom is -0.457 e. The van der Waals surface area contributed by atoms with Crippen LogP contribution in [-0.4, -0.2) is 29.2 Å². The van der Waals surface area contributed by atoms with E-state index in [0.29, 0.717) is 17.7 Å². The van der Waals surface area contributed by atoms with Gasteiger partial charge in [0.05, 0.1) is 40.7 Å². The number of alkyl halides is 3. The number of benzene rings is 2. The molecule has 0 aromatic heterocycles. The highest BCUT2D eigenvalue weighted by Crippen LogP contribution is 2.54. The molecule has 1 aliphatic carbocycles. The first-order chi connectivity index (χ1) is 15.2. The molecule has 8 heteroatoms. The van der Waals surface area contributed by atoms with Crippen molar-refractivity contribution < 1.29 is 32.5 Å². The quantitative estimate of drug-likeness (QED) is 0.643. The third-order valence-corrected chi connectivity index (χ3v) is 7.33. The maximum Gasteiger partial charge on any atom is 0.417 e. The number of fused-ring (bicyclic) bond motifs is 5. The predicted molar refractivity (Wildman–Crippen MR) is 111 cm³/mol. The van der Waals surface area contributed by atoms with Crippen molar-refractivity contribution in [3.8, 4) is 11.5 Å². The Bertz CT molecular complexity index is 1070. The normalized spacial score (nSPS) is 31.2. The summed E-state index contributed by atoms with van der Waals surface area (Å²) in [7, 11) is 0. The van der Waals surface area contributed by atoms with Crippen LogP contribution in [0.3, 0.4) is 0 Å². The van der Waals surface area contributed by atoms with Gasteiger partial charge in [0, 0.05) is 12.0 Å². The van der Waals surface area contributed by atoms with E-state index in [2.05, 4.69) is 0 Å². The molecule has 1 saturated carbocycles. The Morgan fingerprint density at radius 3 is 2.47 bits per heavy atom. The molecule has 170 valence electrons. The van der Waals surface area contributed by atoms with Gasteiger partial charge < -0.3 is 14.6 Å². The average Bonchev–Trinajstić information content (AvgIpc) is 3.41. The fourth-order valence-corrected chi connectivity index (χ4v) is 5.91. The summed E-state index contributed by atoms with van der Waals surface area (Å²) in [5, 5.41) is 10.6. The number of carbonyl (C=O) groups excluding carboxylic acids is 1. The predicted octanol–water partition coefficient (Wildman–Crippen LogP) is 5.53. The smallest absolute Gasteiger partial charge is 0.417 e. The molecule has 6 unspecified atom stereocenters. The van der Waals surface area contributed by atoms with Gasteiger partial charge in [0.25, 0.3) is 0 Å². The number of aryl methyl sites for hydroxylation is 1. The first kappa shape index (κ1) is 21.7. The molecule has 0 amide bonds. The number of halogens is 4. The van der Waals surface area contributed by atoms with Crippen LogP contribution in [0.25, 0.3) is 0 Å². The first-order valence-electron chi connectivity index (χ1n) is 10.7. The lowest BCUT2D eigenvalue weighted by atomic mass is 9.81. The number of aliphatic hydroxyl groups excluding tert-OH is 1. The van der Waals surface area contributed by atoms with Gasteiger partial charge in [-0.05, 0) is 54.7 Å². The summed E-state index contributed by atoms with van der Waals surface area (Å²) in [4.78, 5) is 13.3. The molecule has 5 rings (SSSR count). The molecule has 6 atom stereocenters. The molecule has 2 saturated heterocycles. The summed E-state index contributed by atoms with van der Waals surface area (Å²) in [5.74, 6) is -0.610. The zero-order valence-corrected chi connectivity index (χ0v) is 18.0. The lowest BCUT2D eigenvalue weighted by Gasteiger charge is -2.24. The van der Waals surface area contributed by atoms with Crippen molar-refractivity contribution in [1.82, 2.24) is 0 Å². The van der Waals surface area contributed by atoms with E-state index in [-0.39, 0.29) is 35.6 Å². The van der Waals surface area contributed by atoms with Gasteiger partial charge in [0.2, 0.25) is 0 Å². The van der Waals surface area contributed by atoms with Crippen LogP contribution >= 0.6 is 11.6 Å². The van der Waals surface area contributed by atoms with E-state index < -0.39 is 28.8 Å². The molecule has 2 aromatic rings. The van der Waals surface area contributed by atoms with E-state index in [9.17, 15) is 23.1 Å². The number of ether oxygens (including phenoxy) is 2. The highest BCUT2D eigenvalue weighted by atomic mass is 35.5. The molecule has 1 N–H and O–H groups in total. The van der Waals surface area contributed by atoms with Crippen LogP contribution in [0.4, 0.5) is 13.2 Å². The third kappa shape index (κ3) is 3.42. The van der Waals surface area contributed by atoms with E-state index in [1.54, 1.807) is 12.1 Å². The summed E-state index contributed by atoms with van der Waals surface area (Å²) < 4.78 is 50.5. The van der Waals surface area contributed by atoms with Gasteiger partial charge in [-0.1, -0.05) is 24.6 Å². The first-order valence-corrected chi connectivity index (χ1v) is 11.1. The van der Waals surface area contributed by atoms with Gasteiger partial charge in [0.15, 0.2) is 0 Å². The fraction of sp³-hybridized carbons (Fsp3) is 0.458. The van der Waals surface area contributed by atoms with Crippen LogP contribution in [0.5, 0.6) is 11.5 Å². The van der Waals surface area contributed by atoms with Crippen LogP contribution in [0, 0.1) is 11.8 Å². The van der Waals surface area contributed by atoms with Crippen molar-refractivity contribution in [3.63, 3.8) is 0 Å². The monoisotopic (exact) mass is 466 g/mol. The Morgan fingerprint density at radius 2 is 1.81 bits per heavy atom. The van der Waals surface area contributed by atoms with E-state index in [0.717, 1.165) is 30.5 Å². The maximum absolute atomic E-state index is 13.3. The second kappa shape index (κ2) is 7.75. The minimum absolute atomic E-state index is 0.000811. The van der Waals surface area contributed by atoms with Crippen LogP contribution in [0.2, 0.25) is 5.02 Å². The molecule has 3 aliphatic rings. The number of aliphatic hydroxyl groups is 1. The van der Waals surface area contributed by atoms with Crippen molar-refractivity contribution in [2.24, 2.45) is 11.8 Å². The number of rotatable bonds is 4. The number of ketones is 1. The molecule has 2 aromatic carbocycles. The van der Waals surface area contributed by atoms with Crippen LogP contribution in [0.1, 0.15) is 42.4 Å². The second-order valence-electron chi connectivity index (χ2n) is 8.72. The number of hydrogen-bond donors (Lipinski definition) is 1. The minimum atomic E-state index is -4.55. The summed E-state index contributed by atoms with van der Waals surface area (Å²) >= 11 is 5.80. The molecule has 32 heavy (non-hydrogen) atoms. The third-order valence-electron chi connectivity index (χ3n) is 7.02. The molecule has 0 radical (unpaired) electrons. The van der Waals surface area contributed by atoms with Gasteiger partial charge in [-0.3, -0.25) is 4.79 Å². The topological polar surface area (TPSA) is 55.8 Å². The van der Waals surface area contributed by atoms with E-state index in [1.807, 2.05) is 13.0 Å². The Hall–Kier alpha value is -2.09. The van der Waals surface area contributed by atoms with Gasteiger partial charge in [-0.15, -0.1) is 0 Å². The zero-order chi connectivity index (χ0) is 22.8. The standard InChI is InChI=1S/C24H22ClF3O4/c1-2-11-3-4-12(31-13-5-6-15(16(25)10-13)24(26,27)28)9-14(11)19-22(29)20-17-7-8-18(32-17)21(20)23(19)30/h3-6,9-10,17-22,29H,2,7-8H2,1H3. The van der Waals surface area contributed by atoms with Crippen LogP contribution in [0.15, 0.2) is 36.4 Å². The van der Waals surface area contributed by atoms with Gasteiger partial charge in [-0.25, -0.2) is 0 Å². The molecule has 3 fully saturated rings. The van der Waals surface area contributed by atoms with Crippen LogP contribution in [-0.2, 0) is 22.1 Å². The second-order valence-corrected chi connectivity index (χ2v) is 9.13. The van der Waals surface area contributed by atoms with Gasteiger partial charge >= 0.3 is 6.18 Å². The van der Waals surface area contributed by atoms with Crippen molar-refractivity contribution >= 4 is 17.4 Å². The number of carbonyl (C=O) groups is 1. The summed E-state index contributed by atoms with van der Waals surface area (Å²) in [5.41, 5.74) is 0.694. The Morgan fingerprint density at radius 1 is 1.12 bits per heavy atom. The lowest BCUT2D eigenvalue weighted by Crippen LogP contribution is -2.31. The van der Waals surface area contributed by atoms with Gasteiger partial charge in [0.1, 0.15) is 17.3 Å². The highest BCUT2D eigenvalue weighted by Gasteiger charge is 2.62. The van der Waals surface area contributed by atoms with Crippen molar-refractivity contribution in [2.45, 2.75) is 56.6 Å². The fourth-order valence-electron chi connectivity index (χ4n) is 5.63.